The quantitative estimate of drug-likeness (QED) is 0.649. The van der Waals surface area contributed by atoms with E-state index in [1.54, 1.807) is 9.80 Å². The van der Waals surface area contributed by atoms with Gasteiger partial charge in [0.25, 0.3) is 5.91 Å². The number of aromatic nitrogens is 4. The summed E-state index contributed by atoms with van der Waals surface area (Å²) < 4.78 is 19.7. The van der Waals surface area contributed by atoms with Crippen molar-refractivity contribution >= 4 is 29.2 Å². The van der Waals surface area contributed by atoms with Gasteiger partial charge in [-0.05, 0) is 49.6 Å². The number of rotatable bonds is 3. The second kappa shape index (κ2) is 8.06. The Morgan fingerprint density at radius 3 is 2.66 bits per heavy atom. The molecule has 5 rings (SSSR count). The molecule has 2 amide bonds. The van der Waals surface area contributed by atoms with E-state index >= 15 is 0 Å². The highest BCUT2D eigenvalue weighted by Crippen LogP contribution is 2.38. The van der Waals surface area contributed by atoms with Crippen LogP contribution in [0.5, 0.6) is 0 Å². The Bertz CT molecular complexity index is 1190. The molecule has 2 aliphatic heterocycles. The minimum atomic E-state index is -0.386. The normalized spacial score (nSPS) is 18.7. The molecule has 1 saturated heterocycles. The smallest absolute Gasteiger partial charge is 0.254 e. The van der Waals surface area contributed by atoms with Crippen molar-refractivity contribution in [3.63, 3.8) is 0 Å². The lowest BCUT2D eigenvalue weighted by Crippen LogP contribution is -2.49. The first kappa shape index (κ1) is 20.7. The summed E-state index contributed by atoms with van der Waals surface area (Å²) in [5.74, 6) is 1.25. The van der Waals surface area contributed by atoms with Crippen LogP contribution in [0.25, 0.3) is 10.8 Å². The van der Waals surface area contributed by atoms with E-state index in [0.717, 1.165) is 5.69 Å². The number of aryl methyl sites for hydroxylation is 1. The molecule has 11 heteroatoms. The van der Waals surface area contributed by atoms with Gasteiger partial charge in [-0.3, -0.25) is 14.5 Å². The van der Waals surface area contributed by atoms with E-state index in [1.807, 2.05) is 18.4 Å². The first-order valence-corrected chi connectivity index (χ1v) is 11.2. The van der Waals surface area contributed by atoms with Crippen molar-refractivity contribution in [1.82, 2.24) is 29.1 Å². The van der Waals surface area contributed by atoms with Crippen molar-refractivity contribution in [3.05, 3.63) is 47.2 Å². The van der Waals surface area contributed by atoms with Gasteiger partial charge in [0, 0.05) is 31.7 Å². The standard InChI is InChI=1S/C21H22FN7O2S/c1-12-17-18(28-8-7-23-11-16(28)30)25-19(20-24-13(2)26-32-20)29(17)10-9-27(12)21(31)14-3-5-15(22)6-4-14/h3-6,12,23H,7-11H2,1-2H3. The van der Waals surface area contributed by atoms with E-state index in [4.69, 9.17) is 4.98 Å². The van der Waals surface area contributed by atoms with Gasteiger partial charge in [-0.1, -0.05) is 0 Å². The van der Waals surface area contributed by atoms with E-state index in [0.29, 0.717) is 54.2 Å². The lowest BCUT2D eigenvalue weighted by molar-refractivity contribution is -0.118. The van der Waals surface area contributed by atoms with Crippen molar-refractivity contribution in [2.24, 2.45) is 0 Å². The molecule has 0 saturated carbocycles. The number of fused-ring (bicyclic) bond motifs is 1. The molecule has 1 N–H and O–H groups in total. The zero-order valence-corrected chi connectivity index (χ0v) is 18.5. The molecule has 0 bridgehead atoms. The van der Waals surface area contributed by atoms with Crippen LogP contribution in [0.15, 0.2) is 24.3 Å². The maximum Gasteiger partial charge on any atom is 0.254 e. The molecule has 1 atom stereocenters. The Kier molecular flexibility index (Phi) is 5.22. The molecule has 0 radical (unpaired) electrons. The predicted octanol–water partition coefficient (Wildman–Crippen LogP) is 2.00. The van der Waals surface area contributed by atoms with Gasteiger partial charge < -0.3 is 14.8 Å². The minimum Gasteiger partial charge on any atom is -0.328 e. The monoisotopic (exact) mass is 455 g/mol. The minimum absolute atomic E-state index is 0.0636. The van der Waals surface area contributed by atoms with Crippen LogP contribution in [-0.4, -0.2) is 61.8 Å². The van der Waals surface area contributed by atoms with Crippen LogP contribution in [0.2, 0.25) is 0 Å². The van der Waals surface area contributed by atoms with Gasteiger partial charge in [0.1, 0.15) is 11.6 Å². The van der Waals surface area contributed by atoms with Crippen molar-refractivity contribution in [2.45, 2.75) is 26.4 Å². The molecular formula is C21H22FN7O2S. The van der Waals surface area contributed by atoms with E-state index in [1.165, 1.54) is 35.8 Å². The average molecular weight is 456 g/mol. The molecule has 0 aliphatic carbocycles. The van der Waals surface area contributed by atoms with Crippen LogP contribution in [-0.2, 0) is 11.3 Å². The Hall–Kier alpha value is -3.18. The van der Waals surface area contributed by atoms with Crippen LogP contribution in [0, 0.1) is 12.7 Å². The van der Waals surface area contributed by atoms with Gasteiger partial charge >= 0.3 is 0 Å². The third kappa shape index (κ3) is 3.47. The first-order valence-electron chi connectivity index (χ1n) is 10.4. The Labute approximate surface area is 188 Å². The fourth-order valence-corrected chi connectivity index (χ4v) is 4.93. The molecule has 2 aromatic heterocycles. The molecule has 32 heavy (non-hydrogen) atoms. The van der Waals surface area contributed by atoms with E-state index in [2.05, 4.69) is 14.7 Å². The van der Waals surface area contributed by atoms with Gasteiger partial charge in [0.15, 0.2) is 16.6 Å². The fourth-order valence-electron chi connectivity index (χ4n) is 4.26. The van der Waals surface area contributed by atoms with E-state index in [9.17, 15) is 14.0 Å². The largest absolute Gasteiger partial charge is 0.328 e. The molecule has 2 aliphatic rings. The zero-order valence-electron chi connectivity index (χ0n) is 17.7. The number of carbonyl (C=O) groups excluding carboxylic acids is 2. The van der Waals surface area contributed by atoms with E-state index < -0.39 is 0 Å². The molecule has 4 heterocycles. The average Bonchev–Trinajstić information content (AvgIpc) is 3.38. The second-order valence-corrected chi connectivity index (χ2v) is 8.60. The number of hydrogen-bond acceptors (Lipinski definition) is 7. The summed E-state index contributed by atoms with van der Waals surface area (Å²) >= 11 is 1.27. The number of halogens is 1. The topological polar surface area (TPSA) is 96.3 Å². The molecule has 1 unspecified atom stereocenters. The number of benzene rings is 1. The number of imidazole rings is 1. The summed E-state index contributed by atoms with van der Waals surface area (Å²) in [7, 11) is 0. The Morgan fingerprint density at radius 1 is 1.19 bits per heavy atom. The third-order valence-electron chi connectivity index (χ3n) is 5.83. The Balaban J connectivity index is 1.58. The highest BCUT2D eigenvalue weighted by atomic mass is 32.1. The highest BCUT2D eigenvalue weighted by Gasteiger charge is 2.37. The van der Waals surface area contributed by atoms with Gasteiger partial charge in [0.05, 0.1) is 18.3 Å². The molecule has 3 aromatic rings. The maximum absolute atomic E-state index is 13.3. The van der Waals surface area contributed by atoms with Crippen molar-refractivity contribution < 1.29 is 14.0 Å². The van der Waals surface area contributed by atoms with Crippen LogP contribution in [0.3, 0.4) is 0 Å². The number of hydrogen-bond donors (Lipinski definition) is 1. The highest BCUT2D eigenvalue weighted by molar-refractivity contribution is 7.09. The van der Waals surface area contributed by atoms with Crippen molar-refractivity contribution in [3.8, 4) is 10.8 Å². The van der Waals surface area contributed by atoms with Gasteiger partial charge in [-0.25, -0.2) is 14.4 Å². The summed E-state index contributed by atoms with van der Waals surface area (Å²) in [5, 5.41) is 3.76. The lowest BCUT2D eigenvalue weighted by Gasteiger charge is -2.37. The number of nitrogens with one attached hydrogen (secondary N) is 1. The van der Waals surface area contributed by atoms with Gasteiger partial charge in [0.2, 0.25) is 5.91 Å². The maximum atomic E-state index is 13.3. The number of anilines is 1. The number of piperazine rings is 1. The predicted molar refractivity (Wildman–Crippen MR) is 117 cm³/mol. The van der Waals surface area contributed by atoms with Crippen LogP contribution < -0.4 is 10.2 Å². The molecule has 166 valence electrons. The lowest BCUT2D eigenvalue weighted by atomic mass is 10.1. The Morgan fingerprint density at radius 2 is 1.97 bits per heavy atom. The van der Waals surface area contributed by atoms with Gasteiger partial charge in [-0.15, -0.1) is 0 Å². The van der Waals surface area contributed by atoms with Crippen molar-refractivity contribution in [2.75, 3.05) is 31.1 Å². The summed E-state index contributed by atoms with van der Waals surface area (Å²) in [6.07, 6.45) is 0. The van der Waals surface area contributed by atoms with E-state index in [-0.39, 0.29) is 30.2 Å². The summed E-state index contributed by atoms with van der Waals surface area (Å²) in [6, 6.07) is 5.22. The number of carbonyl (C=O) groups is 2. The third-order valence-corrected chi connectivity index (χ3v) is 6.63. The van der Waals surface area contributed by atoms with Crippen molar-refractivity contribution in [1.29, 1.82) is 0 Å². The summed E-state index contributed by atoms with van der Waals surface area (Å²) in [5.41, 5.74) is 1.22. The molecule has 1 fully saturated rings. The SMILES string of the molecule is Cc1nsc(-c2nc(N3CCNCC3=O)c3n2CCN(C(=O)c2ccc(F)cc2)C3C)n1. The summed E-state index contributed by atoms with van der Waals surface area (Å²) in [4.78, 5) is 38.7. The number of amides is 2. The summed E-state index contributed by atoms with van der Waals surface area (Å²) in [6.45, 7) is 6.13. The molecule has 0 spiro atoms. The molecule has 1 aromatic carbocycles. The zero-order chi connectivity index (χ0) is 22.4. The first-order chi connectivity index (χ1) is 15.4. The van der Waals surface area contributed by atoms with Crippen LogP contribution in [0.4, 0.5) is 10.2 Å². The number of nitrogens with zero attached hydrogens (tertiary/aromatic N) is 6. The molecular weight excluding hydrogens is 433 g/mol. The van der Waals surface area contributed by atoms with Crippen LogP contribution >= 0.6 is 11.5 Å². The van der Waals surface area contributed by atoms with Gasteiger partial charge in [-0.2, -0.15) is 4.37 Å². The van der Waals surface area contributed by atoms with Crippen LogP contribution in [0.1, 0.15) is 34.8 Å². The molecule has 9 nitrogen and oxygen atoms in total. The second-order valence-electron chi connectivity index (χ2n) is 7.85. The fraction of sp³-hybridized carbons (Fsp3) is 0.381.